The molecule has 0 fully saturated rings. The predicted octanol–water partition coefficient (Wildman–Crippen LogP) is 5.12. The van der Waals surface area contributed by atoms with Crippen molar-refractivity contribution in [3.05, 3.63) is 0 Å². The molecule has 0 saturated heterocycles. The molecular formula is C19H42O5SSn. The van der Waals surface area contributed by atoms with Gasteiger partial charge in [0, 0.05) is 0 Å². The Labute approximate surface area is 166 Å². The summed E-state index contributed by atoms with van der Waals surface area (Å²) < 4.78 is 44.1. The van der Waals surface area contributed by atoms with Gasteiger partial charge in [-0.3, -0.25) is 0 Å². The number of methoxy groups -OCH3 is 2. The molecular weight excluding hydrogens is 459 g/mol. The van der Waals surface area contributed by atoms with Crippen molar-refractivity contribution in [2.24, 2.45) is 0 Å². The zero-order valence-electron chi connectivity index (χ0n) is 17.9. The summed E-state index contributed by atoms with van der Waals surface area (Å²) in [4.78, 5) is 0. The Hall–Kier alpha value is 0.629. The van der Waals surface area contributed by atoms with Gasteiger partial charge in [-0.15, -0.1) is 0 Å². The van der Waals surface area contributed by atoms with Gasteiger partial charge >= 0.3 is 167 Å². The molecule has 1 atom stereocenters. The SMILES string of the molecule is CCC[CH2][Sn]([CH2]CCC)([CH2]CCC)[CH](CCC(OC)OC)OS(C)(=O)=O. The van der Waals surface area contributed by atoms with Crippen LogP contribution in [0.25, 0.3) is 0 Å². The Balaban J connectivity index is 5.64. The average molecular weight is 501 g/mol. The molecule has 0 spiro atoms. The fourth-order valence-corrected chi connectivity index (χ4v) is 23.9. The van der Waals surface area contributed by atoms with E-state index in [1.54, 1.807) is 14.2 Å². The molecule has 0 radical (unpaired) electrons. The Morgan fingerprint density at radius 1 is 0.808 bits per heavy atom. The van der Waals surface area contributed by atoms with Gasteiger partial charge in [0.05, 0.1) is 0 Å². The van der Waals surface area contributed by atoms with Crippen LogP contribution in [0.1, 0.15) is 72.1 Å². The van der Waals surface area contributed by atoms with Crippen LogP contribution in [-0.2, 0) is 23.8 Å². The zero-order chi connectivity index (χ0) is 20.1. The second-order valence-corrected chi connectivity index (χ2v) is 22.9. The fourth-order valence-electron chi connectivity index (χ4n) is 3.73. The van der Waals surface area contributed by atoms with Crippen LogP contribution in [0.15, 0.2) is 0 Å². The topological polar surface area (TPSA) is 61.8 Å². The summed E-state index contributed by atoms with van der Waals surface area (Å²) in [5.41, 5.74) is 0. The van der Waals surface area contributed by atoms with Gasteiger partial charge in [-0.25, -0.2) is 0 Å². The number of ether oxygens (including phenoxy) is 2. The first-order valence-electron chi connectivity index (χ1n) is 10.2. The van der Waals surface area contributed by atoms with Gasteiger partial charge in [-0.2, -0.15) is 0 Å². The first-order chi connectivity index (χ1) is 12.3. The van der Waals surface area contributed by atoms with Crippen molar-refractivity contribution in [1.82, 2.24) is 0 Å². The molecule has 158 valence electrons. The molecule has 7 heteroatoms. The second-order valence-electron chi connectivity index (χ2n) is 7.44. The summed E-state index contributed by atoms with van der Waals surface area (Å²) in [6.45, 7) is 6.65. The second kappa shape index (κ2) is 14.6. The first-order valence-corrected chi connectivity index (χ1v) is 19.7. The van der Waals surface area contributed by atoms with Crippen LogP contribution in [0.3, 0.4) is 0 Å². The molecule has 26 heavy (non-hydrogen) atoms. The summed E-state index contributed by atoms with van der Waals surface area (Å²) in [5, 5.41) is 0. The molecule has 0 aliphatic rings. The van der Waals surface area contributed by atoms with E-state index in [9.17, 15) is 8.42 Å². The predicted molar refractivity (Wildman–Crippen MR) is 112 cm³/mol. The maximum absolute atomic E-state index is 12.0. The minimum absolute atomic E-state index is 0.114. The van der Waals surface area contributed by atoms with Crippen molar-refractivity contribution < 1.29 is 22.1 Å². The average Bonchev–Trinajstić information content (AvgIpc) is 2.60. The Morgan fingerprint density at radius 2 is 1.23 bits per heavy atom. The molecule has 0 aromatic heterocycles. The van der Waals surface area contributed by atoms with Crippen molar-refractivity contribution in [3.8, 4) is 0 Å². The summed E-state index contributed by atoms with van der Waals surface area (Å²) in [6, 6.07) is 0. The van der Waals surface area contributed by atoms with Crippen molar-refractivity contribution in [2.45, 2.75) is 95.9 Å². The van der Waals surface area contributed by atoms with Crippen molar-refractivity contribution >= 4 is 28.5 Å². The molecule has 0 N–H and O–H groups in total. The van der Waals surface area contributed by atoms with Crippen LogP contribution >= 0.6 is 0 Å². The summed E-state index contributed by atoms with van der Waals surface area (Å²) >= 11 is -2.83. The van der Waals surface area contributed by atoms with E-state index < -0.39 is 28.5 Å². The monoisotopic (exact) mass is 502 g/mol. The van der Waals surface area contributed by atoms with Gasteiger partial charge in [0.15, 0.2) is 0 Å². The van der Waals surface area contributed by atoms with Gasteiger partial charge in [0.25, 0.3) is 0 Å². The molecule has 0 aliphatic heterocycles. The third-order valence-corrected chi connectivity index (χ3v) is 22.9. The Bertz CT molecular complexity index is 415. The molecule has 0 saturated carbocycles. The van der Waals surface area contributed by atoms with Gasteiger partial charge in [0.1, 0.15) is 0 Å². The maximum atomic E-state index is 12.0. The normalized spacial score (nSPS) is 14.1. The van der Waals surface area contributed by atoms with E-state index in [1.165, 1.54) is 38.8 Å². The molecule has 0 bridgehead atoms. The standard InChI is InChI=1S/C7H15O5S.3C4H9.Sn/c1-10-7(11-2)5-4-6-12-13(3,8)9;3*1-3-4-2;/h6-7H,4-5H2,1-3H3;3*1,3-4H2,2H3;. The van der Waals surface area contributed by atoms with Crippen LogP contribution in [-0.4, -0.2) is 57.7 Å². The van der Waals surface area contributed by atoms with Crippen molar-refractivity contribution in [3.63, 3.8) is 0 Å². The summed E-state index contributed by atoms with van der Waals surface area (Å²) in [6.07, 6.45) is 9.31. The van der Waals surface area contributed by atoms with Crippen LogP contribution in [0.2, 0.25) is 13.3 Å². The van der Waals surface area contributed by atoms with Crippen LogP contribution in [0.5, 0.6) is 0 Å². The number of unbranched alkanes of at least 4 members (excludes halogenated alkanes) is 3. The van der Waals surface area contributed by atoms with Crippen LogP contribution in [0.4, 0.5) is 0 Å². The fraction of sp³-hybridized carbons (Fsp3) is 1.00. The van der Waals surface area contributed by atoms with Gasteiger partial charge in [-0.05, 0) is 0 Å². The molecule has 0 amide bonds. The molecule has 1 unspecified atom stereocenters. The first kappa shape index (κ1) is 26.6. The van der Waals surface area contributed by atoms with E-state index in [0.717, 1.165) is 19.3 Å². The van der Waals surface area contributed by atoms with E-state index in [1.807, 2.05) is 0 Å². The van der Waals surface area contributed by atoms with Gasteiger partial charge in [0.2, 0.25) is 0 Å². The van der Waals surface area contributed by atoms with Crippen molar-refractivity contribution in [2.75, 3.05) is 20.5 Å². The van der Waals surface area contributed by atoms with Crippen LogP contribution < -0.4 is 0 Å². The molecule has 0 rings (SSSR count). The Morgan fingerprint density at radius 3 is 1.54 bits per heavy atom. The molecule has 5 nitrogen and oxygen atoms in total. The molecule has 0 aliphatic carbocycles. The minimum atomic E-state index is -3.47. The zero-order valence-corrected chi connectivity index (χ0v) is 21.6. The molecule has 0 heterocycles. The van der Waals surface area contributed by atoms with Gasteiger partial charge in [-0.1, -0.05) is 0 Å². The number of hydrogen-bond acceptors (Lipinski definition) is 5. The van der Waals surface area contributed by atoms with Crippen molar-refractivity contribution in [1.29, 1.82) is 0 Å². The third kappa shape index (κ3) is 10.8. The van der Waals surface area contributed by atoms with Gasteiger partial charge < -0.3 is 0 Å². The summed E-state index contributed by atoms with van der Waals surface area (Å²) in [7, 11) is -0.217. The number of hydrogen-bond donors (Lipinski definition) is 0. The Kier molecular flexibility index (Phi) is 15.0. The third-order valence-electron chi connectivity index (χ3n) is 5.25. The summed E-state index contributed by atoms with van der Waals surface area (Å²) in [5.74, 6) is 0. The van der Waals surface area contributed by atoms with E-state index in [-0.39, 0.29) is 10.4 Å². The van der Waals surface area contributed by atoms with E-state index in [4.69, 9.17) is 13.7 Å². The number of rotatable bonds is 17. The quantitative estimate of drug-likeness (QED) is 0.157. The van der Waals surface area contributed by atoms with Crippen LogP contribution in [0, 0.1) is 0 Å². The van der Waals surface area contributed by atoms with E-state index >= 15 is 0 Å². The van der Waals surface area contributed by atoms with E-state index in [2.05, 4.69) is 20.8 Å². The molecule has 0 aromatic carbocycles. The molecule has 0 aromatic rings. The van der Waals surface area contributed by atoms with E-state index in [0.29, 0.717) is 12.8 Å².